The molecule has 0 spiro atoms. The van der Waals surface area contributed by atoms with Crippen molar-refractivity contribution < 1.29 is 4.79 Å². The number of hydrogen-bond acceptors (Lipinski definition) is 3. The maximum absolute atomic E-state index is 12.8. The van der Waals surface area contributed by atoms with Gasteiger partial charge in [-0.15, -0.1) is 0 Å². The molecular weight excluding hydrogens is 370 g/mol. The summed E-state index contributed by atoms with van der Waals surface area (Å²) in [7, 11) is 1.63. The fraction of sp³-hybridized carbons (Fsp3) is 0.318. The molecule has 1 heterocycles. The third-order valence-corrected chi connectivity index (χ3v) is 5.96. The minimum Gasteiger partial charge on any atom is -0.346 e. The molecule has 28 heavy (non-hydrogen) atoms. The predicted octanol–water partition coefficient (Wildman–Crippen LogP) is 3.97. The maximum Gasteiger partial charge on any atom is 0.261 e. The van der Waals surface area contributed by atoms with Crippen LogP contribution in [0.5, 0.6) is 0 Å². The van der Waals surface area contributed by atoms with E-state index >= 15 is 0 Å². The summed E-state index contributed by atoms with van der Waals surface area (Å²) >= 11 is 5.17. The highest BCUT2D eigenvalue weighted by Gasteiger charge is 2.16. The molecule has 4 rings (SSSR count). The zero-order chi connectivity index (χ0) is 19.8. The van der Waals surface area contributed by atoms with E-state index in [9.17, 15) is 9.59 Å². The molecule has 0 fully saturated rings. The van der Waals surface area contributed by atoms with Gasteiger partial charge in [0, 0.05) is 12.6 Å². The van der Waals surface area contributed by atoms with E-state index in [0.717, 1.165) is 18.4 Å². The van der Waals surface area contributed by atoms with E-state index in [1.807, 2.05) is 6.92 Å². The number of carbonyl (C=O) groups excluding carboxylic acids is 1. The lowest BCUT2D eigenvalue weighted by molar-refractivity contribution is 0.0940. The van der Waals surface area contributed by atoms with Gasteiger partial charge in [-0.25, -0.2) is 0 Å². The lowest BCUT2D eigenvalue weighted by atomic mass is 9.89. The molecule has 1 atom stereocenters. The number of hydrogen-bond donors (Lipinski definition) is 2. The van der Waals surface area contributed by atoms with Gasteiger partial charge in [0.1, 0.15) is 0 Å². The second kappa shape index (κ2) is 7.36. The SMILES string of the molecule is CC(NC(=O)c1ccc2c(=O)n(C)c(=S)[nH]c2c1)c1ccc2c(c1)CCCC2. The van der Waals surface area contributed by atoms with Crippen molar-refractivity contribution in [2.75, 3.05) is 0 Å². The van der Waals surface area contributed by atoms with E-state index in [0.29, 0.717) is 21.2 Å². The second-order valence-electron chi connectivity index (χ2n) is 7.49. The van der Waals surface area contributed by atoms with Crippen LogP contribution in [0, 0.1) is 4.77 Å². The minimum atomic E-state index is -0.174. The summed E-state index contributed by atoms with van der Waals surface area (Å²) in [4.78, 5) is 28.1. The van der Waals surface area contributed by atoms with E-state index in [1.165, 1.54) is 28.5 Å². The molecule has 144 valence electrons. The minimum absolute atomic E-state index is 0.0995. The largest absolute Gasteiger partial charge is 0.346 e. The number of aromatic amines is 1. The standard InChI is InChI=1S/C22H23N3O2S/c1-13(15-8-7-14-5-3-4-6-16(14)11-15)23-20(26)17-9-10-18-19(12-17)24-22(28)25(2)21(18)27/h7-13H,3-6H2,1-2H3,(H,23,26)(H,24,28). The summed E-state index contributed by atoms with van der Waals surface area (Å²) in [5, 5.41) is 3.57. The van der Waals surface area contributed by atoms with Crippen LogP contribution in [0.15, 0.2) is 41.2 Å². The van der Waals surface area contributed by atoms with Gasteiger partial charge in [0.25, 0.3) is 11.5 Å². The number of amides is 1. The number of aryl methyl sites for hydroxylation is 2. The van der Waals surface area contributed by atoms with Crippen molar-refractivity contribution in [3.63, 3.8) is 0 Å². The summed E-state index contributed by atoms with van der Waals surface area (Å²) < 4.78 is 1.72. The summed E-state index contributed by atoms with van der Waals surface area (Å²) in [5.74, 6) is -0.174. The molecule has 1 aromatic heterocycles. The van der Waals surface area contributed by atoms with Crippen LogP contribution in [0.4, 0.5) is 0 Å². The number of nitrogens with one attached hydrogen (secondary N) is 2. The zero-order valence-electron chi connectivity index (χ0n) is 16.0. The van der Waals surface area contributed by atoms with Gasteiger partial charge >= 0.3 is 0 Å². The second-order valence-corrected chi connectivity index (χ2v) is 7.87. The average molecular weight is 394 g/mol. The molecule has 0 saturated carbocycles. The van der Waals surface area contributed by atoms with Crippen LogP contribution in [0.2, 0.25) is 0 Å². The fourth-order valence-electron chi connectivity index (χ4n) is 3.83. The Morgan fingerprint density at radius 1 is 1.14 bits per heavy atom. The Balaban J connectivity index is 1.58. The zero-order valence-corrected chi connectivity index (χ0v) is 16.9. The molecular formula is C22H23N3O2S. The van der Waals surface area contributed by atoms with Gasteiger partial charge in [-0.3, -0.25) is 14.2 Å². The molecule has 3 aromatic rings. The van der Waals surface area contributed by atoms with E-state index in [2.05, 4.69) is 28.5 Å². The highest BCUT2D eigenvalue weighted by Crippen LogP contribution is 2.25. The molecule has 2 N–H and O–H groups in total. The fourth-order valence-corrected chi connectivity index (χ4v) is 4.03. The smallest absolute Gasteiger partial charge is 0.261 e. The van der Waals surface area contributed by atoms with E-state index in [1.54, 1.807) is 25.2 Å². The summed E-state index contributed by atoms with van der Waals surface area (Å²) in [6.07, 6.45) is 4.75. The van der Waals surface area contributed by atoms with Gasteiger partial charge in [0.2, 0.25) is 0 Å². The maximum atomic E-state index is 12.8. The predicted molar refractivity (Wildman–Crippen MR) is 113 cm³/mol. The molecule has 0 aliphatic heterocycles. The van der Waals surface area contributed by atoms with Gasteiger partial charge in [-0.1, -0.05) is 18.2 Å². The number of aromatic nitrogens is 2. The van der Waals surface area contributed by atoms with Gasteiger partial charge in [-0.05, 0) is 79.7 Å². The molecule has 2 aromatic carbocycles. The van der Waals surface area contributed by atoms with Crippen molar-refractivity contribution in [3.05, 3.63) is 73.8 Å². The Kier molecular flexibility index (Phi) is 4.89. The highest BCUT2D eigenvalue weighted by molar-refractivity contribution is 7.71. The lowest BCUT2D eigenvalue weighted by Gasteiger charge is -2.20. The summed E-state index contributed by atoms with van der Waals surface area (Å²) in [5.41, 5.74) is 4.84. The van der Waals surface area contributed by atoms with Crippen molar-refractivity contribution >= 4 is 29.0 Å². The number of benzene rings is 2. The summed E-state index contributed by atoms with van der Waals surface area (Å²) in [6, 6.07) is 11.5. The van der Waals surface area contributed by atoms with Crippen LogP contribution < -0.4 is 10.9 Å². The third-order valence-electron chi connectivity index (χ3n) is 5.58. The number of rotatable bonds is 3. The van der Waals surface area contributed by atoms with Crippen LogP contribution in [0.3, 0.4) is 0 Å². The quantitative estimate of drug-likeness (QED) is 0.662. The molecule has 0 radical (unpaired) electrons. The number of fused-ring (bicyclic) bond motifs is 2. The molecule has 0 saturated heterocycles. The Hall–Kier alpha value is -2.73. The first-order valence-corrected chi connectivity index (χ1v) is 10.0. The van der Waals surface area contributed by atoms with E-state index in [4.69, 9.17) is 12.2 Å². The van der Waals surface area contributed by atoms with Crippen molar-refractivity contribution in [1.82, 2.24) is 14.9 Å². The van der Waals surface area contributed by atoms with Crippen LogP contribution in [0.1, 0.15) is 52.9 Å². The molecule has 0 bridgehead atoms. The average Bonchev–Trinajstić information content (AvgIpc) is 2.71. The van der Waals surface area contributed by atoms with Gasteiger partial charge in [0.05, 0.1) is 16.9 Å². The molecule has 1 aliphatic rings. The van der Waals surface area contributed by atoms with Crippen molar-refractivity contribution in [2.24, 2.45) is 7.05 Å². The Labute approximate surface area is 168 Å². The summed E-state index contributed by atoms with van der Waals surface area (Å²) in [6.45, 7) is 1.99. The topological polar surface area (TPSA) is 66.9 Å². The molecule has 1 unspecified atom stereocenters. The van der Waals surface area contributed by atoms with Crippen LogP contribution in [0.25, 0.3) is 10.9 Å². The monoisotopic (exact) mass is 393 g/mol. The third kappa shape index (κ3) is 3.40. The lowest BCUT2D eigenvalue weighted by Crippen LogP contribution is -2.27. The number of nitrogens with zero attached hydrogens (tertiary/aromatic N) is 1. The van der Waals surface area contributed by atoms with Gasteiger partial charge in [0.15, 0.2) is 4.77 Å². The number of H-pyrrole nitrogens is 1. The van der Waals surface area contributed by atoms with Crippen molar-refractivity contribution in [3.8, 4) is 0 Å². The van der Waals surface area contributed by atoms with Crippen LogP contribution in [-0.4, -0.2) is 15.5 Å². The first-order valence-electron chi connectivity index (χ1n) is 9.59. The first kappa shape index (κ1) is 18.6. The molecule has 5 nitrogen and oxygen atoms in total. The van der Waals surface area contributed by atoms with Crippen molar-refractivity contribution in [1.29, 1.82) is 0 Å². The van der Waals surface area contributed by atoms with E-state index in [-0.39, 0.29) is 17.5 Å². The van der Waals surface area contributed by atoms with Gasteiger partial charge < -0.3 is 10.3 Å². The Bertz CT molecular complexity index is 1190. The van der Waals surface area contributed by atoms with E-state index < -0.39 is 0 Å². The normalized spacial score (nSPS) is 14.5. The van der Waals surface area contributed by atoms with Crippen LogP contribution in [-0.2, 0) is 19.9 Å². The van der Waals surface area contributed by atoms with Crippen LogP contribution >= 0.6 is 12.2 Å². The molecule has 1 aliphatic carbocycles. The first-order chi connectivity index (χ1) is 13.4. The Morgan fingerprint density at radius 2 is 1.89 bits per heavy atom. The van der Waals surface area contributed by atoms with Crippen molar-refractivity contribution in [2.45, 2.75) is 38.6 Å². The number of carbonyl (C=O) groups is 1. The molecule has 6 heteroatoms. The highest BCUT2D eigenvalue weighted by atomic mass is 32.1. The van der Waals surface area contributed by atoms with Gasteiger partial charge in [-0.2, -0.15) is 0 Å². The molecule has 1 amide bonds. The Morgan fingerprint density at radius 3 is 2.68 bits per heavy atom.